The molecule has 1 saturated heterocycles. The summed E-state index contributed by atoms with van der Waals surface area (Å²) in [6, 6.07) is 8.48. The van der Waals surface area contributed by atoms with Crippen molar-refractivity contribution < 1.29 is 18.8 Å². The average molecular weight is 384 g/mol. The Balaban J connectivity index is 1.58. The molecule has 1 fully saturated rings. The Labute approximate surface area is 163 Å². The van der Waals surface area contributed by atoms with Crippen LogP contribution in [0.25, 0.3) is 0 Å². The maximum atomic E-state index is 12.6. The SMILES string of the molecule is CCC(=O)Nc1ccc(C)c(NC(=O)N2CCN(C(=O)c3ccco3)CC2)c1. The van der Waals surface area contributed by atoms with Crippen LogP contribution >= 0.6 is 0 Å². The summed E-state index contributed by atoms with van der Waals surface area (Å²) < 4.78 is 5.15. The lowest BCUT2D eigenvalue weighted by Crippen LogP contribution is -2.51. The number of rotatable bonds is 4. The first kappa shape index (κ1) is 19.5. The molecule has 0 spiro atoms. The molecule has 28 heavy (non-hydrogen) atoms. The zero-order valence-electron chi connectivity index (χ0n) is 16.0. The van der Waals surface area contributed by atoms with E-state index in [4.69, 9.17) is 4.42 Å². The second-order valence-corrected chi connectivity index (χ2v) is 6.62. The molecule has 0 aliphatic carbocycles. The molecule has 3 rings (SSSR count). The number of carbonyl (C=O) groups is 3. The number of piperazine rings is 1. The molecule has 4 amide bonds. The molecular formula is C20H24N4O4. The first-order valence-electron chi connectivity index (χ1n) is 9.27. The van der Waals surface area contributed by atoms with E-state index >= 15 is 0 Å². The van der Waals surface area contributed by atoms with Gasteiger partial charge in [0.15, 0.2) is 5.76 Å². The summed E-state index contributed by atoms with van der Waals surface area (Å²) in [5.41, 5.74) is 2.18. The highest BCUT2D eigenvalue weighted by molar-refractivity contribution is 5.94. The number of hydrogen-bond acceptors (Lipinski definition) is 4. The summed E-state index contributed by atoms with van der Waals surface area (Å²) in [5, 5.41) is 5.68. The van der Waals surface area contributed by atoms with Gasteiger partial charge in [0.05, 0.1) is 6.26 Å². The van der Waals surface area contributed by atoms with Gasteiger partial charge in [0.1, 0.15) is 0 Å². The molecule has 148 valence electrons. The van der Waals surface area contributed by atoms with E-state index in [1.165, 1.54) is 6.26 Å². The molecular weight excluding hydrogens is 360 g/mol. The van der Waals surface area contributed by atoms with E-state index in [0.29, 0.717) is 49.7 Å². The highest BCUT2D eigenvalue weighted by atomic mass is 16.3. The summed E-state index contributed by atoms with van der Waals surface area (Å²) in [5.74, 6) is 0.0539. The maximum Gasteiger partial charge on any atom is 0.321 e. The highest BCUT2D eigenvalue weighted by Crippen LogP contribution is 2.21. The number of nitrogens with zero attached hydrogens (tertiary/aromatic N) is 2. The Morgan fingerprint density at radius 1 is 1.04 bits per heavy atom. The van der Waals surface area contributed by atoms with Crippen molar-refractivity contribution in [1.82, 2.24) is 9.80 Å². The second kappa shape index (κ2) is 8.60. The smallest absolute Gasteiger partial charge is 0.321 e. The van der Waals surface area contributed by atoms with Gasteiger partial charge in [-0.3, -0.25) is 9.59 Å². The van der Waals surface area contributed by atoms with Crippen LogP contribution in [0.2, 0.25) is 0 Å². The van der Waals surface area contributed by atoms with Gasteiger partial charge >= 0.3 is 6.03 Å². The Morgan fingerprint density at radius 2 is 1.75 bits per heavy atom. The van der Waals surface area contributed by atoms with Crippen LogP contribution in [0.15, 0.2) is 41.0 Å². The van der Waals surface area contributed by atoms with E-state index in [9.17, 15) is 14.4 Å². The Kier molecular flexibility index (Phi) is 5.98. The summed E-state index contributed by atoms with van der Waals surface area (Å²) in [6.45, 7) is 5.42. The summed E-state index contributed by atoms with van der Waals surface area (Å²) in [4.78, 5) is 39.8. The van der Waals surface area contributed by atoms with Gasteiger partial charge in [-0.1, -0.05) is 13.0 Å². The lowest BCUT2D eigenvalue weighted by atomic mass is 10.1. The zero-order valence-corrected chi connectivity index (χ0v) is 16.0. The van der Waals surface area contributed by atoms with Crippen LogP contribution in [0, 0.1) is 6.92 Å². The van der Waals surface area contributed by atoms with E-state index in [2.05, 4.69) is 10.6 Å². The van der Waals surface area contributed by atoms with E-state index in [-0.39, 0.29) is 17.8 Å². The third kappa shape index (κ3) is 4.51. The van der Waals surface area contributed by atoms with Crippen LogP contribution in [0.1, 0.15) is 29.5 Å². The van der Waals surface area contributed by atoms with Crippen LogP contribution in [0.3, 0.4) is 0 Å². The fourth-order valence-electron chi connectivity index (χ4n) is 2.95. The first-order chi connectivity index (χ1) is 13.5. The molecule has 2 aromatic rings. The van der Waals surface area contributed by atoms with E-state index < -0.39 is 0 Å². The average Bonchev–Trinajstić information content (AvgIpc) is 3.24. The number of hydrogen-bond donors (Lipinski definition) is 2. The van der Waals surface area contributed by atoms with Gasteiger partial charge in [-0.2, -0.15) is 0 Å². The van der Waals surface area contributed by atoms with Gasteiger partial charge in [-0.05, 0) is 36.8 Å². The first-order valence-corrected chi connectivity index (χ1v) is 9.27. The molecule has 1 aromatic heterocycles. The van der Waals surface area contributed by atoms with Gasteiger partial charge in [-0.25, -0.2) is 4.79 Å². The predicted octanol–water partition coefficient (Wildman–Crippen LogP) is 2.93. The molecule has 1 aliphatic rings. The number of furan rings is 1. The van der Waals surface area contributed by atoms with Crippen molar-refractivity contribution in [2.45, 2.75) is 20.3 Å². The monoisotopic (exact) mass is 384 g/mol. The molecule has 0 unspecified atom stereocenters. The van der Waals surface area contributed by atoms with Crippen molar-refractivity contribution >= 4 is 29.2 Å². The van der Waals surface area contributed by atoms with Crippen LogP contribution in [-0.2, 0) is 4.79 Å². The molecule has 1 aliphatic heterocycles. The standard InChI is InChI=1S/C20H24N4O4/c1-3-18(25)21-15-7-6-14(2)16(13-15)22-20(27)24-10-8-23(9-11-24)19(26)17-5-4-12-28-17/h4-7,12-13H,3,8-11H2,1-2H3,(H,21,25)(H,22,27). The van der Waals surface area contributed by atoms with E-state index in [1.54, 1.807) is 41.0 Å². The minimum absolute atomic E-state index is 0.0847. The Hall–Kier alpha value is -3.29. The number of aryl methyl sites for hydroxylation is 1. The van der Waals surface area contributed by atoms with Crippen molar-refractivity contribution in [2.75, 3.05) is 36.8 Å². The predicted molar refractivity (Wildman–Crippen MR) is 105 cm³/mol. The fraction of sp³-hybridized carbons (Fsp3) is 0.350. The molecule has 0 saturated carbocycles. The van der Waals surface area contributed by atoms with Crippen molar-refractivity contribution in [3.63, 3.8) is 0 Å². The molecule has 2 N–H and O–H groups in total. The molecule has 8 heteroatoms. The third-order valence-corrected chi connectivity index (χ3v) is 4.67. The molecule has 0 bridgehead atoms. The minimum Gasteiger partial charge on any atom is -0.459 e. The van der Waals surface area contributed by atoms with Gasteiger partial charge in [0.25, 0.3) is 5.91 Å². The lowest BCUT2D eigenvalue weighted by Gasteiger charge is -2.34. The van der Waals surface area contributed by atoms with E-state index in [0.717, 1.165) is 5.56 Å². The zero-order chi connectivity index (χ0) is 20.1. The highest BCUT2D eigenvalue weighted by Gasteiger charge is 2.26. The van der Waals surface area contributed by atoms with Crippen LogP contribution < -0.4 is 10.6 Å². The van der Waals surface area contributed by atoms with Crippen LogP contribution in [0.5, 0.6) is 0 Å². The van der Waals surface area contributed by atoms with Crippen molar-refractivity contribution in [3.8, 4) is 0 Å². The lowest BCUT2D eigenvalue weighted by molar-refractivity contribution is -0.115. The molecule has 0 atom stereocenters. The number of urea groups is 1. The third-order valence-electron chi connectivity index (χ3n) is 4.67. The molecule has 8 nitrogen and oxygen atoms in total. The molecule has 2 heterocycles. The summed E-state index contributed by atoms with van der Waals surface area (Å²) in [6.07, 6.45) is 1.85. The Bertz CT molecular complexity index is 855. The van der Waals surface area contributed by atoms with Gasteiger partial charge < -0.3 is 24.9 Å². The second-order valence-electron chi connectivity index (χ2n) is 6.62. The Morgan fingerprint density at radius 3 is 2.39 bits per heavy atom. The number of benzene rings is 1. The normalized spacial score (nSPS) is 13.9. The summed E-state index contributed by atoms with van der Waals surface area (Å²) >= 11 is 0. The minimum atomic E-state index is -0.229. The van der Waals surface area contributed by atoms with Gasteiger partial charge in [-0.15, -0.1) is 0 Å². The van der Waals surface area contributed by atoms with Crippen molar-refractivity contribution in [3.05, 3.63) is 47.9 Å². The number of amides is 4. The maximum absolute atomic E-state index is 12.6. The van der Waals surface area contributed by atoms with Crippen molar-refractivity contribution in [2.24, 2.45) is 0 Å². The van der Waals surface area contributed by atoms with Gasteiger partial charge in [0, 0.05) is 44.0 Å². The molecule has 0 radical (unpaired) electrons. The largest absolute Gasteiger partial charge is 0.459 e. The quantitative estimate of drug-likeness (QED) is 0.847. The number of anilines is 2. The fourth-order valence-corrected chi connectivity index (χ4v) is 2.95. The van der Waals surface area contributed by atoms with Crippen LogP contribution in [0.4, 0.5) is 16.2 Å². The van der Waals surface area contributed by atoms with Crippen molar-refractivity contribution in [1.29, 1.82) is 0 Å². The van der Waals surface area contributed by atoms with E-state index in [1.807, 2.05) is 13.0 Å². The van der Waals surface area contributed by atoms with Gasteiger partial charge in [0.2, 0.25) is 5.91 Å². The van der Waals surface area contributed by atoms with Crippen LogP contribution in [-0.4, -0.2) is 53.8 Å². The number of carbonyl (C=O) groups excluding carboxylic acids is 3. The summed E-state index contributed by atoms with van der Waals surface area (Å²) in [7, 11) is 0. The number of nitrogens with one attached hydrogen (secondary N) is 2. The topological polar surface area (TPSA) is 94.9 Å². The molecule has 1 aromatic carbocycles.